The molecular formula is C18H26N6O. The number of carbonyl (C=O) groups is 1. The summed E-state index contributed by atoms with van der Waals surface area (Å²) >= 11 is 0. The van der Waals surface area contributed by atoms with Gasteiger partial charge in [-0.25, -0.2) is 4.98 Å². The Bertz CT molecular complexity index is 749. The van der Waals surface area contributed by atoms with Crippen LogP contribution in [0.3, 0.4) is 0 Å². The molecular weight excluding hydrogens is 316 g/mol. The third kappa shape index (κ3) is 3.07. The van der Waals surface area contributed by atoms with Crippen molar-refractivity contribution < 1.29 is 4.79 Å². The van der Waals surface area contributed by atoms with Crippen molar-refractivity contribution in [3.8, 4) is 0 Å². The molecule has 2 aromatic heterocycles. The molecule has 0 aromatic carbocycles. The summed E-state index contributed by atoms with van der Waals surface area (Å²) in [5.41, 5.74) is 0. The molecule has 25 heavy (non-hydrogen) atoms. The fraction of sp³-hybridized carbons (Fsp3) is 0.667. The molecule has 0 aliphatic carbocycles. The van der Waals surface area contributed by atoms with Gasteiger partial charge in [0.05, 0.1) is 0 Å². The fourth-order valence-corrected chi connectivity index (χ4v) is 4.11. The minimum atomic E-state index is 0.0277. The van der Waals surface area contributed by atoms with E-state index in [-0.39, 0.29) is 5.91 Å². The van der Waals surface area contributed by atoms with Gasteiger partial charge in [-0.2, -0.15) is 0 Å². The van der Waals surface area contributed by atoms with Crippen LogP contribution in [0.1, 0.15) is 67.2 Å². The van der Waals surface area contributed by atoms with Crippen LogP contribution in [0.2, 0.25) is 0 Å². The van der Waals surface area contributed by atoms with E-state index in [2.05, 4.69) is 26.7 Å². The molecule has 0 spiro atoms. The smallest absolute Gasteiger partial charge is 0.291 e. The fourth-order valence-electron chi connectivity index (χ4n) is 4.11. The van der Waals surface area contributed by atoms with Gasteiger partial charge in [-0.15, -0.1) is 10.2 Å². The number of aryl methyl sites for hydroxylation is 2. The van der Waals surface area contributed by atoms with Gasteiger partial charge in [0.15, 0.2) is 0 Å². The van der Waals surface area contributed by atoms with Gasteiger partial charge in [-0.3, -0.25) is 4.79 Å². The average molecular weight is 342 g/mol. The lowest BCUT2D eigenvalue weighted by molar-refractivity contribution is 0.0685. The van der Waals surface area contributed by atoms with Crippen LogP contribution in [0.5, 0.6) is 0 Å². The second-order valence-corrected chi connectivity index (χ2v) is 7.06. The Balaban J connectivity index is 1.54. The predicted molar refractivity (Wildman–Crippen MR) is 93.4 cm³/mol. The molecule has 1 amide bonds. The van der Waals surface area contributed by atoms with Crippen molar-refractivity contribution in [2.45, 2.75) is 64.5 Å². The SMILES string of the molecule is CCn1ccnc1[C@H]1CCCN(C(=O)c2nnc3n2CCCCC3)C1. The summed E-state index contributed by atoms with van der Waals surface area (Å²) in [4.78, 5) is 19.6. The number of hydrogen-bond donors (Lipinski definition) is 0. The van der Waals surface area contributed by atoms with Crippen LogP contribution in [0, 0.1) is 0 Å². The molecule has 1 saturated heterocycles. The maximum Gasteiger partial charge on any atom is 0.291 e. The number of aromatic nitrogens is 5. The van der Waals surface area contributed by atoms with E-state index in [1.807, 2.05) is 21.9 Å². The Kier molecular flexibility index (Phi) is 4.55. The van der Waals surface area contributed by atoms with Gasteiger partial charge in [0, 0.05) is 50.9 Å². The van der Waals surface area contributed by atoms with Crippen molar-refractivity contribution in [2.75, 3.05) is 13.1 Å². The lowest BCUT2D eigenvalue weighted by atomic mass is 9.97. The summed E-state index contributed by atoms with van der Waals surface area (Å²) in [7, 11) is 0. The third-order valence-corrected chi connectivity index (χ3v) is 5.46. The van der Waals surface area contributed by atoms with E-state index < -0.39 is 0 Å². The summed E-state index contributed by atoms with van der Waals surface area (Å²) in [6.45, 7) is 5.42. The van der Waals surface area contributed by atoms with Gasteiger partial charge in [-0.1, -0.05) is 6.42 Å². The summed E-state index contributed by atoms with van der Waals surface area (Å²) < 4.78 is 4.23. The van der Waals surface area contributed by atoms with Crippen LogP contribution in [0.4, 0.5) is 0 Å². The number of fused-ring (bicyclic) bond motifs is 1. The van der Waals surface area contributed by atoms with Gasteiger partial charge in [0.2, 0.25) is 5.82 Å². The maximum absolute atomic E-state index is 13.1. The Morgan fingerprint density at radius 2 is 2.12 bits per heavy atom. The Morgan fingerprint density at radius 3 is 3.00 bits per heavy atom. The van der Waals surface area contributed by atoms with E-state index in [1.165, 1.54) is 6.42 Å². The lowest BCUT2D eigenvalue weighted by Gasteiger charge is -2.32. The predicted octanol–water partition coefficient (Wildman–Crippen LogP) is 2.24. The number of piperidine rings is 1. The van der Waals surface area contributed by atoms with Crippen LogP contribution < -0.4 is 0 Å². The average Bonchev–Trinajstić information content (AvgIpc) is 3.22. The van der Waals surface area contributed by atoms with Crippen molar-refractivity contribution in [3.05, 3.63) is 29.9 Å². The zero-order valence-electron chi connectivity index (χ0n) is 14.9. The van der Waals surface area contributed by atoms with Crippen LogP contribution in [0.15, 0.2) is 12.4 Å². The van der Waals surface area contributed by atoms with Crippen molar-refractivity contribution in [1.82, 2.24) is 29.2 Å². The Hall–Kier alpha value is -2.18. The number of hydrogen-bond acceptors (Lipinski definition) is 4. The highest BCUT2D eigenvalue weighted by molar-refractivity contribution is 5.90. The molecule has 4 heterocycles. The number of carbonyl (C=O) groups excluding carboxylic acids is 1. The molecule has 2 aromatic rings. The molecule has 7 heteroatoms. The first-order valence-corrected chi connectivity index (χ1v) is 9.50. The Labute approximate surface area is 148 Å². The minimum Gasteiger partial charge on any atom is -0.335 e. The van der Waals surface area contributed by atoms with Crippen LogP contribution in [0.25, 0.3) is 0 Å². The molecule has 2 aliphatic heterocycles. The van der Waals surface area contributed by atoms with E-state index in [0.29, 0.717) is 11.7 Å². The van der Waals surface area contributed by atoms with E-state index >= 15 is 0 Å². The van der Waals surface area contributed by atoms with E-state index in [1.54, 1.807) is 0 Å². The van der Waals surface area contributed by atoms with Gasteiger partial charge in [0.25, 0.3) is 5.91 Å². The van der Waals surface area contributed by atoms with Crippen molar-refractivity contribution in [2.24, 2.45) is 0 Å². The summed E-state index contributed by atoms with van der Waals surface area (Å²) in [5.74, 6) is 2.92. The highest BCUT2D eigenvalue weighted by Crippen LogP contribution is 2.27. The Morgan fingerprint density at radius 1 is 1.20 bits per heavy atom. The largest absolute Gasteiger partial charge is 0.335 e. The van der Waals surface area contributed by atoms with Crippen molar-refractivity contribution >= 4 is 5.91 Å². The van der Waals surface area contributed by atoms with Crippen LogP contribution in [-0.4, -0.2) is 48.2 Å². The number of amides is 1. The molecule has 2 aliphatic rings. The summed E-state index contributed by atoms with van der Waals surface area (Å²) in [5, 5.41) is 8.51. The number of imidazole rings is 1. The van der Waals surface area contributed by atoms with Crippen LogP contribution >= 0.6 is 0 Å². The van der Waals surface area contributed by atoms with Crippen molar-refractivity contribution in [3.63, 3.8) is 0 Å². The highest BCUT2D eigenvalue weighted by Gasteiger charge is 2.31. The zero-order valence-corrected chi connectivity index (χ0v) is 14.9. The molecule has 1 atom stereocenters. The van der Waals surface area contributed by atoms with E-state index in [0.717, 1.165) is 69.9 Å². The lowest BCUT2D eigenvalue weighted by Crippen LogP contribution is -2.41. The molecule has 0 radical (unpaired) electrons. The molecule has 0 unspecified atom stereocenters. The number of nitrogens with zero attached hydrogens (tertiary/aromatic N) is 6. The minimum absolute atomic E-state index is 0.0277. The normalized spacial score (nSPS) is 21.0. The quantitative estimate of drug-likeness (QED) is 0.858. The molecule has 0 bridgehead atoms. The summed E-state index contributed by atoms with van der Waals surface area (Å²) in [6.07, 6.45) is 10.3. The molecule has 0 N–H and O–H groups in total. The zero-order chi connectivity index (χ0) is 17.2. The summed E-state index contributed by atoms with van der Waals surface area (Å²) in [6, 6.07) is 0. The molecule has 4 rings (SSSR count). The standard InChI is InChI=1S/C18H26N6O/c1-2-22-12-9-19-16(22)14-7-6-10-23(13-14)18(25)17-21-20-15-8-4-3-5-11-24(15)17/h9,12,14H,2-8,10-11,13H2,1H3/t14-/m0/s1. The number of likely N-dealkylation sites (tertiary alicyclic amines) is 1. The molecule has 134 valence electrons. The first kappa shape index (κ1) is 16.3. The first-order chi connectivity index (χ1) is 12.3. The second-order valence-electron chi connectivity index (χ2n) is 7.06. The molecule has 7 nitrogen and oxygen atoms in total. The van der Waals surface area contributed by atoms with E-state index in [9.17, 15) is 4.79 Å². The monoisotopic (exact) mass is 342 g/mol. The van der Waals surface area contributed by atoms with Crippen LogP contribution in [-0.2, 0) is 19.5 Å². The van der Waals surface area contributed by atoms with Crippen molar-refractivity contribution in [1.29, 1.82) is 0 Å². The first-order valence-electron chi connectivity index (χ1n) is 9.50. The van der Waals surface area contributed by atoms with Gasteiger partial charge < -0.3 is 14.0 Å². The third-order valence-electron chi connectivity index (χ3n) is 5.46. The van der Waals surface area contributed by atoms with Gasteiger partial charge >= 0.3 is 0 Å². The second kappa shape index (κ2) is 6.98. The molecule has 1 fully saturated rings. The maximum atomic E-state index is 13.1. The van der Waals surface area contributed by atoms with Gasteiger partial charge in [0.1, 0.15) is 11.6 Å². The van der Waals surface area contributed by atoms with E-state index in [4.69, 9.17) is 0 Å². The topological polar surface area (TPSA) is 68.8 Å². The molecule has 0 saturated carbocycles. The highest BCUT2D eigenvalue weighted by atomic mass is 16.2. The number of rotatable bonds is 3. The van der Waals surface area contributed by atoms with Gasteiger partial charge in [-0.05, 0) is 32.6 Å².